The molecule has 72 valence electrons. The van der Waals surface area contributed by atoms with Gasteiger partial charge in [0.25, 0.3) is 0 Å². The normalized spacial score (nSPS) is 12.6. The highest BCUT2D eigenvalue weighted by atomic mass is 32.2. The van der Waals surface area contributed by atoms with Gasteiger partial charge in [-0.15, -0.1) is 0 Å². The van der Waals surface area contributed by atoms with Crippen molar-refractivity contribution >= 4 is 17.7 Å². The van der Waals surface area contributed by atoms with Crippen molar-refractivity contribution in [2.75, 3.05) is 18.1 Å². The zero-order valence-corrected chi connectivity index (χ0v) is 8.62. The summed E-state index contributed by atoms with van der Waals surface area (Å²) in [6.45, 7) is 4.31. The maximum atomic E-state index is 10.4. The predicted octanol–water partition coefficient (Wildman–Crippen LogP) is 0.593. The van der Waals surface area contributed by atoms with Crippen LogP contribution in [0, 0.1) is 0 Å². The van der Waals surface area contributed by atoms with E-state index in [0.29, 0.717) is 6.04 Å². The van der Waals surface area contributed by atoms with Gasteiger partial charge in [0.2, 0.25) is 5.91 Å². The van der Waals surface area contributed by atoms with Crippen molar-refractivity contribution in [1.29, 1.82) is 0 Å². The third-order valence-electron chi connectivity index (χ3n) is 1.34. The van der Waals surface area contributed by atoms with Gasteiger partial charge in [-0.2, -0.15) is 11.8 Å². The van der Waals surface area contributed by atoms with E-state index in [1.54, 1.807) is 0 Å². The minimum atomic E-state index is 0.0443. The highest BCUT2D eigenvalue weighted by Gasteiger charge is 1.94. The van der Waals surface area contributed by atoms with Crippen LogP contribution in [-0.4, -0.2) is 30.0 Å². The van der Waals surface area contributed by atoms with E-state index in [9.17, 15) is 4.79 Å². The molecule has 0 saturated carbocycles. The fourth-order valence-electron chi connectivity index (χ4n) is 0.671. The van der Waals surface area contributed by atoms with E-state index in [1.165, 1.54) is 6.92 Å². The molecule has 1 unspecified atom stereocenters. The molecule has 1 atom stereocenters. The molecular formula is C8H18N2OS. The van der Waals surface area contributed by atoms with Crippen LogP contribution < -0.4 is 11.1 Å². The lowest BCUT2D eigenvalue weighted by atomic mass is 10.3. The minimum Gasteiger partial charge on any atom is -0.356 e. The van der Waals surface area contributed by atoms with Crippen molar-refractivity contribution in [3.05, 3.63) is 0 Å². The molecule has 0 aromatic heterocycles. The zero-order chi connectivity index (χ0) is 9.40. The van der Waals surface area contributed by atoms with Gasteiger partial charge in [0.15, 0.2) is 0 Å². The molecule has 0 bridgehead atoms. The number of nitrogens with two attached hydrogens (primary N) is 1. The first-order valence-electron chi connectivity index (χ1n) is 4.20. The molecule has 0 heterocycles. The summed E-state index contributed by atoms with van der Waals surface area (Å²) in [7, 11) is 0. The molecule has 3 nitrogen and oxygen atoms in total. The first-order chi connectivity index (χ1) is 5.63. The van der Waals surface area contributed by atoms with E-state index in [4.69, 9.17) is 5.73 Å². The van der Waals surface area contributed by atoms with Crippen molar-refractivity contribution in [2.45, 2.75) is 26.3 Å². The number of hydrogen-bond acceptors (Lipinski definition) is 3. The van der Waals surface area contributed by atoms with Crippen LogP contribution in [0.2, 0.25) is 0 Å². The summed E-state index contributed by atoms with van der Waals surface area (Å²) in [5.41, 5.74) is 5.57. The summed E-state index contributed by atoms with van der Waals surface area (Å²) in [5.74, 6) is 2.10. The largest absolute Gasteiger partial charge is 0.356 e. The van der Waals surface area contributed by atoms with Crippen LogP contribution in [0.5, 0.6) is 0 Å². The Morgan fingerprint density at radius 3 is 2.75 bits per heavy atom. The molecule has 0 aromatic carbocycles. The second kappa shape index (κ2) is 7.43. The summed E-state index contributed by atoms with van der Waals surface area (Å²) < 4.78 is 0. The van der Waals surface area contributed by atoms with Crippen LogP contribution in [0.25, 0.3) is 0 Å². The third-order valence-corrected chi connectivity index (χ3v) is 2.36. The molecule has 3 N–H and O–H groups in total. The minimum absolute atomic E-state index is 0.0443. The predicted molar refractivity (Wildman–Crippen MR) is 54.3 cm³/mol. The highest BCUT2D eigenvalue weighted by Crippen LogP contribution is 2.02. The highest BCUT2D eigenvalue weighted by molar-refractivity contribution is 7.99. The molecule has 0 spiro atoms. The summed E-state index contributed by atoms with van der Waals surface area (Å²) in [6, 6.07) is 0.290. The van der Waals surface area contributed by atoms with E-state index < -0.39 is 0 Å². The molecule has 0 aliphatic heterocycles. The molecule has 12 heavy (non-hydrogen) atoms. The van der Waals surface area contributed by atoms with Crippen LogP contribution in [0.1, 0.15) is 20.3 Å². The lowest BCUT2D eigenvalue weighted by molar-refractivity contribution is -0.118. The quantitative estimate of drug-likeness (QED) is 0.603. The van der Waals surface area contributed by atoms with Crippen LogP contribution in [0.3, 0.4) is 0 Å². The van der Waals surface area contributed by atoms with Gasteiger partial charge in [-0.1, -0.05) is 0 Å². The van der Waals surface area contributed by atoms with E-state index in [1.807, 2.05) is 18.7 Å². The van der Waals surface area contributed by atoms with Gasteiger partial charge in [0.1, 0.15) is 0 Å². The molecule has 4 heteroatoms. The molecular weight excluding hydrogens is 172 g/mol. The second-order valence-electron chi connectivity index (χ2n) is 2.86. The Morgan fingerprint density at radius 1 is 1.58 bits per heavy atom. The average molecular weight is 190 g/mol. The summed E-state index contributed by atoms with van der Waals surface area (Å²) in [5, 5.41) is 2.74. The zero-order valence-electron chi connectivity index (χ0n) is 7.80. The molecule has 0 saturated heterocycles. The van der Waals surface area contributed by atoms with Crippen molar-refractivity contribution in [3.8, 4) is 0 Å². The standard InChI is InChI=1S/C8H18N2OS/c1-7(9)3-5-12-6-4-10-8(2)11/h7H,3-6,9H2,1-2H3,(H,10,11). The average Bonchev–Trinajstić information content (AvgIpc) is 1.95. The van der Waals surface area contributed by atoms with E-state index >= 15 is 0 Å². The lowest BCUT2D eigenvalue weighted by Crippen LogP contribution is -2.22. The fourth-order valence-corrected chi connectivity index (χ4v) is 1.66. The topological polar surface area (TPSA) is 55.1 Å². The molecule has 0 aliphatic rings. The maximum Gasteiger partial charge on any atom is 0.216 e. The Bertz CT molecular complexity index is 128. The van der Waals surface area contributed by atoms with Gasteiger partial charge in [-0.25, -0.2) is 0 Å². The van der Waals surface area contributed by atoms with Gasteiger partial charge < -0.3 is 11.1 Å². The number of amides is 1. The number of nitrogens with one attached hydrogen (secondary N) is 1. The van der Waals surface area contributed by atoms with Crippen molar-refractivity contribution in [3.63, 3.8) is 0 Å². The Balaban J connectivity index is 2.96. The summed E-state index contributed by atoms with van der Waals surface area (Å²) >= 11 is 1.83. The van der Waals surface area contributed by atoms with E-state index in [2.05, 4.69) is 5.32 Å². The SMILES string of the molecule is CC(=O)NCCSCCC(C)N. The molecule has 0 radical (unpaired) electrons. The Morgan fingerprint density at radius 2 is 2.25 bits per heavy atom. The second-order valence-corrected chi connectivity index (χ2v) is 4.09. The smallest absolute Gasteiger partial charge is 0.216 e. The number of rotatable bonds is 6. The summed E-state index contributed by atoms with van der Waals surface area (Å²) in [4.78, 5) is 10.4. The number of hydrogen-bond donors (Lipinski definition) is 2. The number of thioether (sulfide) groups is 1. The molecule has 1 amide bonds. The third kappa shape index (κ3) is 9.78. The lowest BCUT2D eigenvalue weighted by Gasteiger charge is -2.04. The van der Waals surface area contributed by atoms with Crippen molar-refractivity contribution in [1.82, 2.24) is 5.32 Å². The van der Waals surface area contributed by atoms with E-state index in [-0.39, 0.29) is 5.91 Å². The van der Waals surface area contributed by atoms with Crippen LogP contribution >= 0.6 is 11.8 Å². The molecule has 0 rings (SSSR count). The molecule has 0 aliphatic carbocycles. The van der Waals surface area contributed by atoms with Crippen LogP contribution in [0.4, 0.5) is 0 Å². The Labute approximate surface area is 78.5 Å². The van der Waals surface area contributed by atoms with Gasteiger partial charge in [0, 0.05) is 25.3 Å². The molecule has 0 aromatic rings. The maximum absolute atomic E-state index is 10.4. The van der Waals surface area contributed by atoms with Crippen LogP contribution in [0.15, 0.2) is 0 Å². The first kappa shape index (κ1) is 11.8. The first-order valence-corrected chi connectivity index (χ1v) is 5.36. The van der Waals surface area contributed by atoms with Gasteiger partial charge in [0.05, 0.1) is 0 Å². The Kier molecular flexibility index (Phi) is 7.29. The van der Waals surface area contributed by atoms with Crippen molar-refractivity contribution < 1.29 is 4.79 Å². The van der Waals surface area contributed by atoms with Gasteiger partial charge in [-0.3, -0.25) is 4.79 Å². The van der Waals surface area contributed by atoms with Crippen LogP contribution in [-0.2, 0) is 4.79 Å². The van der Waals surface area contributed by atoms with Gasteiger partial charge in [-0.05, 0) is 19.1 Å². The van der Waals surface area contributed by atoms with E-state index in [0.717, 1.165) is 24.5 Å². The fraction of sp³-hybridized carbons (Fsp3) is 0.875. The number of carbonyl (C=O) groups is 1. The summed E-state index contributed by atoms with van der Waals surface area (Å²) in [6.07, 6.45) is 1.05. The number of carbonyl (C=O) groups excluding carboxylic acids is 1. The Hall–Kier alpha value is -0.220. The van der Waals surface area contributed by atoms with Crippen molar-refractivity contribution in [2.24, 2.45) is 5.73 Å². The monoisotopic (exact) mass is 190 g/mol. The molecule has 0 fully saturated rings. The van der Waals surface area contributed by atoms with Gasteiger partial charge >= 0.3 is 0 Å².